The number of aromatic nitrogens is 1. The maximum Gasteiger partial charge on any atom is 0.223 e. The van der Waals surface area contributed by atoms with E-state index in [2.05, 4.69) is 10.3 Å². The Labute approximate surface area is 149 Å². The van der Waals surface area contributed by atoms with Crippen LogP contribution in [0.25, 0.3) is 0 Å². The molecule has 0 bridgehead atoms. The third-order valence-electron chi connectivity index (χ3n) is 4.48. The summed E-state index contributed by atoms with van der Waals surface area (Å²) in [5.41, 5.74) is 3.34. The number of carbonyl (C=O) groups excluding carboxylic acids is 1. The molecule has 1 N–H and O–H groups in total. The monoisotopic (exact) mass is 365 g/mol. The van der Waals surface area contributed by atoms with Crippen molar-refractivity contribution in [1.29, 1.82) is 0 Å². The first kappa shape index (κ1) is 17.8. The number of hydrogen-bond acceptors (Lipinski definition) is 4. The molecule has 134 valence electrons. The molecule has 0 spiro atoms. The number of rotatable bonds is 5. The molecule has 4 nitrogen and oxygen atoms in total. The van der Waals surface area contributed by atoms with Gasteiger partial charge in [0.2, 0.25) is 5.91 Å². The van der Waals surface area contributed by atoms with E-state index in [1.165, 1.54) is 6.07 Å². The summed E-state index contributed by atoms with van der Waals surface area (Å²) in [6.45, 7) is 3.29. The molecule has 1 aromatic heterocycles. The molecule has 1 amide bonds. The second-order valence-electron chi connectivity index (χ2n) is 6.31. The van der Waals surface area contributed by atoms with Gasteiger partial charge in [-0.05, 0) is 38.3 Å². The molecule has 0 saturated carbocycles. The lowest BCUT2D eigenvalue weighted by atomic mass is 10.0. The largest absolute Gasteiger partial charge is 0.380 e. The average Bonchev–Trinajstić information content (AvgIpc) is 3.01. The normalized spacial score (nSPS) is 17.6. The van der Waals surface area contributed by atoms with Crippen molar-refractivity contribution in [2.24, 2.45) is 0 Å². The molecule has 2 aromatic rings. The predicted molar refractivity (Wildman–Crippen MR) is 94.8 cm³/mol. The highest BCUT2D eigenvalue weighted by atomic mass is 32.1. The number of benzene rings is 1. The van der Waals surface area contributed by atoms with Gasteiger partial charge in [-0.1, -0.05) is 0 Å². The van der Waals surface area contributed by atoms with Crippen molar-refractivity contribution < 1.29 is 13.6 Å². The quantitative estimate of drug-likeness (QED) is 0.877. The number of piperidine rings is 1. The number of anilines is 1. The Morgan fingerprint density at radius 2 is 2.24 bits per heavy atom. The van der Waals surface area contributed by atoms with E-state index < -0.39 is 11.6 Å². The van der Waals surface area contributed by atoms with Crippen LogP contribution in [0.2, 0.25) is 0 Å². The van der Waals surface area contributed by atoms with Crippen molar-refractivity contribution in [3.05, 3.63) is 45.9 Å². The number of likely N-dealkylation sites (tertiary alicyclic amines) is 1. The molecule has 1 aromatic carbocycles. The first-order chi connectivity index (χ1) is 12.0. The minimum Gasteiger partial charge on any atom is -0.380 e. The number of hydrogen-bond donors (Lipinski definition) is 1. The zero-order chi connectivity index (χ0) is 17.8. The second kappa shape index (κ2) is 7.91. The van der Waals surface area contributed by atoms with Gasteiger partial charge in [0.15, 0.2) is 11.6 Å². The van der Waals surface area contributed by atoms with Gasteiger partial charge in [0.25, 0.3) is 0 Å². The number of nitrogens with one attached hydrogen (secondary N) is 1. The van der Waals surface area contributed by atoms with E-state index >= 15 is 0 Å². The van der Waals surface area contributed by atoms with Crippen LogP contribution in [0.4, 0.5) is 14.5 Å². The van der Waals surface area contributed by atoms with Gasteiger partial charge in [0.1, 0.15) is 0 Å². The van der Waals surface area contributed by atoms with Crippen LogP contribution in [-0.2, 0) is 11.2 Å². The van der Waals surface area contributed by atoms with E-state index in [-0.39, 0.29) is 11.9 Å². The Balaban J connectivity index is 1.54. The van der Waals surface area contributed by atoms with Gasteiger partial charge in [-0.3, -0.25) is 4.79 Å². The topological polar surface area (TPSA) is 45.2 Å². The molecule has 0 radical (unpaired) electrons. The standard InChI is InChI=1S/C18H21F2N3OS/c1-12-17(25-11-21-12)6-7-18(24)23-8-2-3-14(10-23)22-13-4-5-15(19)16(20)9-13/h4-5,9,11,14,22H,2-3,6-8,10H2,1H3/t14-/m1/s1. The van der Waals surface area contributed by atoms with E-state index in [4.69, 9.17) is 0 Å². The second-order valence-corrected chi connectivity index (χ2v) is 7.25. The Hall–Kier alpha value is -2.02. The highest BCUT2D eigenvalue weighted by molar-refractivity contribution is 7.09. The van der Waals surface area contributed by atoms with Crippen LogP contribution in [0.5, 0.6) is 0 Å². The summed E-state index contributed by atoms with van der Waals surface area (Å²) in [6.07, 6.45) is 2.98. The average molecular weight is 365 g/mol. The highest BCUT2D eigenvalue weighted by Crippen LogP contribution is 2.20. The fourth-order valence-corrected chi connectivity index (χ4v) is 3.87. The van der Waals surface area contributed by atoms with Crippen molar-refractivity contribution in [3.63, 3.8) is 0 Å². The maximum atomic E-state index is 13.3. The number of amides is 1. The number of thiazole rings is 1. The number of halogens is 2. The summed E-state index contributed by atoms with van der Waals surface area (Å²) in [6, 6.07) is 3.84. The summed E-state index contributed by atoms with van der Waals surface area (Å²) in [7, 11) is 0. The summed E-state index contributed by atoms with van der Waals surface area (Å²) in [4.78, 5) is 19.7. The molecule has 1 aliphatic rings. The Morgan fingerprint density at radius 1 is 1.40 bits per heavy atom. The molecule has 1 saturated heterocycles. The van der Waals surface area contributed by atoms with Crippen molar-refractivity contribution in [3.8, 4) is 0 Å². The molecule has 1 aliphatic heterocycles. The van der Waals surface area contributed by atoms with E-state index in [9.17, 15) is 13.6 Å². The summed E-state index contributed by atoms with van der Waals surface area (Å²) >= 11 is 1.58. The van der Waals surface area contributed by atoms with Crippen LogP contribution in [0.3, 0.4) is 0 Å². The SMILES string of the molecule is Cc1ncsc1CCC(=O)N1CCC[C@@H](Nc2ccc(F)c(F)c2)C1. The van der Waals surface area contributed by atoms with Crippen molar-refractivity contribution in [1.82, 2.24) is 9.88 Å². The van der Waals surface area contributed by atoms with Crippen LogP contribution >= 0.6 is 11.3 Å². The first-order valence-corrected chi connectivity index (χ1v) is 9.29. The zero-order valence-corrected chi connectivity index (χ0v) is 14.9. The molecule has 0 aliphatic carbocycles. The molecular formula is C18H21F2N3OS. The third kappa shape index (κ3) is 4.54. The van der Waals surface area contributed by atoms with Crippen LogP contribution in [-0.4, -0.2) is 34.9 Å². The van der Waals surface area contributed by atoms with Crippen molar-refractivity contribution in [2.75, 3.05) is 18.4 Å². The number of carbonyl (C=O) groups is 1. The fraction of sp³-hybridized carbons (Fsp3) is 0.444. The molecule has 25 heavy (non-hydrogen) atoms. The van der Waals surface area contributed by atoms with Gasteiger partial charge >= 0.3 is 0 Å². The summed E-state index contributed by atoms with van der Waals surface area (Å²) in [5.74, 6) is -1.59. The minimum absolute atomic E-state index is 0.0488. The molecule has 1 fully saturated rings. The van der Waals surface area contributed by atoms with Crippen LogP contribution < -0.4 is 5.32 Å². The highest BCUT2D eigenvalue weighted by Gasteiger charge is 2.23. The van der Waals surface area contributed by atoms with E-state index in [1.807, 2.05) is 11.8 Å². The van der Waals surface area contributed by atoms with Gasteiger partial charge in [-0.2, -0.15) is 0 Å². The van der Waals surface area contributed by atoms with E-state index in [1.54, 1.807) is 16.8 Å². The molecule has 2 heterocycles. The molecule has 3 rings (SSSR count). The maximum absolute atomic E-state index is 13.3. The van der Waals surface area contributed by atoms with Gasteiger partial charge in [-0.15, -0.1) is 11.3 Å². The molecular weight excluding hydrogens is 344 g/mol. The van der Waals surface area contributed by atoms with Crippen LogP contribution in [0.15, 0.2) is 23.7 Å². The van der Waals surface area contributed by atoms with Gasteiger partial charge in [0.05, 0.1) is 11.2 Å². The summed E-state index contributed by atoms with van der Waals surface area (Å²) < 4.78 is 26.3. The Kier molecular flexibility index (Phi) is 5.63. The lowest BCUT2D eigenvalue weighted by Crippen LogP contribution is -2.45. The third-order valence-corrected chi connectivity index (χ3v) is 5.47. The molecule has 0 unspecified atom stereocenters. The minimum atomic E-state index is -0.867. The molecule has 1 atom stereocenters. The first-order valence-electron chi connectivity index (χ1n) is 8.41. The predicted octanol–water partition coefficient (Wildman–Crippen LogP) is 3.77. The number of nitrogens with zero attached hydrogens (tertiary/aromatic N) is 2. The van der Waals surface area contributed by atoms with Gasteiger partial charge in [0, 0.05) is 42.2 Å². The Bertz CT molecular complexity index is 750. The van der Waals surface area contributed by atoms with Crippen LogP contribution in [0.1, 0.15) is 29.8 Å². The fourth-order valence-electron chi connectivity index (χ4n) is 3.09. The number of aryl methyl sites for hydroxylation is 2. The lowest BCUT2D eigenvalue weighted by molar-refractivity contribution is -0.132. The van der Waals surface area contributed by atoms with E-state index in [0.29, 0.717) is 25.1 Å². The smallest absolute Gasteiger partial charge is 0.223 e. The van der Waals surface area contributed by atoms with Gasteiger partial charge in [-0.25, -0.2) is 13.8 Å². The summed E-state index contributed by atoms with van der Waals surface area (Å²) in [5, 5.41) is 3.20. The van der Waals surface area contributed by atoms with E-state index in [0.717, 1.165) is 42.1 Å². The van der Waals surface area contributed by atoms with Crippen molar-refractivity contribution >= 4 is 22.9 Å². The lowest BCUT2D eigenvalue weighted by Gasteiger charge is -2.33. The Morgan fingerprint density at radius 3 is 2.96 bits per heavy atom. The zero-order valence-electron chi connectivity index (χ0n) is 14.1. The van der Waals surface area contributed by atoms with Gasteiger partial charge < -0.3 is 10.2 Å². The van der Waals surface area contributed by atoms with Crippen molar-refractivity contribution in [2.45, 2.75) is 38.6 Å². The van der Waals surface area contributed by atoms with Crippen LogP contribution in [0, 0.1) is 18.6 Å². The molecule has 7 heteroatoms.